The summed E-state index contributed by atoms with van der Waals surface area (Å²) in [6.07, 6.45) is 1.42. The first-order valence-corrected chi connectivity index (χ1v) is 9.17. The molecule has 0 spiro atoms. The van der Waals surface area contributed by atoms with Gasteiger partial charge in [0.05, 0.1) is 4.90 Å². The summed E-state index contributed by atoms with van der Waals surface area (Å²) < 4.78 is 39.5. The fourth-order valence-electron chi connectivity index (χ4n) is 2.44. The third-order valence-electron chi connectivity index (χ3n) is 3.72. The zero-order valence-electron chi connectivity index (χ0n) is 13.2. The van der Waals surface area contributed by atoms with E-state index in [2.05, 4.69) is 5.32 Å². The lowest BCUT2D eigenvalue weighted by Crippen LogP contribution is -2.42. The number of carbonyl (C=O) groups excluding carboxylic acids is 1. The zero-order chi connectivity index (χ0) is 16.9. The third-order valence-corrected chi connectivity index (χ3v) is 5.63. The highest BCUT2D eigenvalue weighted by molar-refractivity contribution is 7.89. The normalized spacial score (nSPS) is 16.9. The number of carbonyl (C=O) groups is 1. The smallest absolute Gasteiger partial charge is 0.317 e. The van der Waals surface area contributed by atoms with E-state index in [0.717, 1.165) is 18.6 Å². The maximum Gasteiger partial charge on any atom is 0.317 e. The van der Waals surface area contributed by atoms with Gasteiger partial charge < -0.3 is 10.2 Å². The van der Waals surface area contributed by atoms with Gasteiger partial charge in [0.25, 0.3) is 0 Å². The standard InChI is InChI=1S/C15H22FN3O3S/c1-2-8-17-15(20)18-9-3-10-19(12-11-18)23(21,22)14-6-4-13(16)5-7-14/h4-7H,2-3,8-12H2,1H3,(H,17,20). The van der Waals surface area contributed by atoms with Gasteiger partial charge in [-0.05, 0) is 37.1 Å². The van der Waals surface area contributed by atoms with Gasteiger partial charge >= 0.3 is 6.03 Å². The summed E-state index contributed by atoms with van der Waals surface area (Å²) in [7, 11) is -3.66. The first-order valence-electron chi connectivity index (χ1n) is 7.73. The predicted molar refractivity (Wildman–Crippen MR) is 85.0 cm³/mol. The second-order valence-electron chi connectivity index (χ2n) is 5.43. The van der Waals surface area contributed by atoms with E-state index in [0.29, 0.717) is 32.6 Å². The molecule has 0 saturated carbocycles. The maximum atomic E-state index is 13.0. The van der Waals surface area contributed by atoms with E-state index in [4.69, 9.17) is 0 Å². The fraction of sp³-hybridized carbons (Fsp3) is 0.533. The highest BCUT2D eigenvalue weighted by Gasteiger charge is 2.28. The topological polar surface area (TPSA) is 69.7 Å². The molecule has 1 aliphatic rings. The number of sulfonamides is 1. The van der Waals surface area contributed by atoms with Gasteiger partial charge in [-0.15, -0.1) is 0 Å². The van der Waals surface area contributed by atoms with Crippen LogP contribution in [0.4, 0.5) is 9.18 Å². The monoisotopic (exact) mass is 343 g/mol. The fourth-order valence-corrected chi connectivity index (χ4v) is 3.91. The van der Waals surface area contributed by atoms with Gasteiger partial charge in [-0.1, -0.05) is 6.92 Å². The van der Waals surface area contributed by atoms with Crippen LogP contribution in [-0.2, 0) is 10.0 Å². The van der Waals surface area contributed by atoms with Crippen molar-refractivity contribution in [3.8, 4) is 0 Å². The minimum absolute atomic E-state index is 0.0720. The third kappa shape index (κ3) is 4.42. The lowest BCUT2D eigenvalue weighted by Gasteiger charge is -2.22. The van der Waals surface area contributed by atoms with Crippen LogP contribution in [0.2, 0.25) is 0 Å². The minimum Gasteiger partial charge on any atom is -0.338 e. The van der Waals surface area contributed by atoms with Gasteiger partial charge in [-0.25, -0.2) is 17.6 Å². The number of rotatable bonds is 4. The van der Waals surface area contributed by atoms with Crippen molar-refractivity contribution < 1.29 is 17.6 Å². The Kier molecular flexibility index (Phi) is 5.95. The molecule has 0 aliphatic carbocycles. The molecule has 0 bridgehead atoms. The molecular weight excluding hydrogens is 321 g/mol. The first kappa shape index (κ1) is 17.7. The highest BCUT2D eigenvalue weighted by atomic mass is 32.2. The number of nitrogens with zero attached hydrogens (tertiary/aromatic N) is 2. The average molecular weight is 343 g/mol. The Balaban J connectivity index is 2.04. The zero-order valence-corrected chi connectivity index (χ0v) is 14.0. The Hall–Kier alpha value is -1.67. The van der Waals surface area contributed by atoms with Crippen LogP contribution >= 0.6 is 0 Å². The SMILES string of the molecule is CCCNC(=O)N1CCCN(S(=O)(=O)c2ccc(F)cc2)CC1. The molecular formula is C15H22FN3O3S. The lowest BCUT2D eigenvalue weighted by atomic mass is 10.4. The van der Waals surface area contributed by atoms with Crippen molar-refractivity contribution in [2.75, 3.05) is 32.7 Å². The van der Waals surface area contributed by atoms with E-state index in [9.17, 15) is 17.6 Å². The van der Waals surface area contributed by atoms with E-state index in [1.807, 2.05) is 6.92 Å². The van der Waals surface area contributed by atoms with Crippen molar-refractivity contribution in [1.29, 1.82) is 0 Å². The number of hydrogen-bond acceptors (Lipinski definition) is 3. The molecule has 8 heteroatoms. The van der Waals surface area contributed by atoms with Crippen LogP contribution in [0.25, 0.3) is 0 Å². The van der Waals surface area contributed by atoms with Crippen molar-refractivity contribution in [3.63, 3.8) is 0 Å². The van der Waals surface area contributed by atoms with Gasteiger partial charge in [0.2, 0.25) is 10.0 Å². The summed E-state index contributed by atoms with van der Waals surface area (Å²) in [4.78, 5) is 13.7. The van der Waals surface area contributed by atoms with Crippen molar-refractivity contribution in [1.82, 2.24) is 14.5 Å². The Labute approximate surface area is 136 Å². The molecule has 2 amide bonds. The molecule has 0 unspecified atom stereocenters. The second-order valence-corrected chi connectivity index (χ2v) is 7.37. The van der Waals surface area contributed by atoms with Crippen molar-refractivity contribution in [2.24, 2.45) is 0 Å². The summed E-state index contributed by atoms with van der Waals surface area (Å²) in [6.45, 7) is 4.02. The van der Waals surface area contributed by atoms with E-state index in [-0.39, 0.29) is 17.5 Å². The van der Waals surface area contributed by atoms with Gasteiger partial charge in [-0.2, -0.15) is 4.31 Å². The van der Waals surface area contributed by atoms with Crippen LogP contribution in [0.3, 0.4) is 0 Å². The van der Waals surface area contributed by atoms with Crippen LogP contribution in [0.15, 0.2) is 29.2 Å². The van der Waals surface area contributed by atoms with Gasteiger partial charge in [0.1, 0.15) is 5.82 Å². The predicted octanol–water partition coefficient (Wildman–Crippen LogP) is 1.64. The lowest BCUT2D eigenvalue weighted by molar-refractivity contribution is 0.200. The molecule has 1 heterocycles. The summed E-state index contributed by atoms with van der Waals surface area (Å²) in [6, 6.07) is 4.64. The van der Waals surface area contributed by atoms with Crippen LogP contribution in [0.5, 0.6) is 0 Å². The summed E-state index contributed by atoms with van der Waals surface area (Å²) >= 11 is 0. The van der Waals surface area contributed by atoms with Crippen LogP contribution in [-0.4, -0.2) is 56.4 Å². The first-order chi connectivity index (χ1) is 10.9. The highest BCUT2D eigenvalue weighted by Crippen LogP contribution is 2.18. The molecule has 1 aromatic carbocycles. The van der Waals surface area contributed by atoms with E-state index >= 15 is 0 Å². The van der Waals surface area contributed by atoms with E-state index in [1.54, 1.807) is 4.90 Å². The largest absolute Gasteiger partial charge is 0.338 e. The molecule has 1 aliphatic heterocycles. The number of benzene rings is 1. The molecule has 23 heavy (non-hydrogen) atoms. The van der Waals surface area contributed by atoms with E-state index < -0.39 is 15.8 Å². The van der Waals surface area contributed by atoms with Crippen molar-refractivity contribution in [3.05, 3.63) is 30.1 Å². The van der Waals surface area contributed by atoms with Crippen LogP contribution < -0.4 is 5.32 Å². The molecule has 128 valence electrons. The molecule has 0 aromatic heterocycles. The average Bonchev–Trinajstić information content (AvgIpc) is 2.79. The van der Waals surface area contributed by atoms with Gasteiger partial charge in [-0.3, -0.25) is 0 Å². The second kappa shape index (κ2) is 7.74. The number of amides is 2. The van der Waals surface area contributed by atoms with Crippen molar-refractivity contribution in [2.45, 2.75) is 24.7 Å². The maximum absolute atomic E-state index is 13.0. The van der Waals surface area contributed by atoms with Crippen molar-refractivity contribution >= 4 is 16.1 Å². The van der Waals surface area contributed by atoms with Gasteiger partial charge in [0, 0.05) is 32.7 Å². The van der Waals surface area contributed by atoms with Crippen LogP contribution in [0, 0.1) is 5.82 Å². The number of nitrogens with one attached hydrogen (secondary N) is 1. The number of hydrogen-bond donors (Lipinski definition) is 1. The molecule has 0 radical (unpaired) electrons. The van der Waals surface area contributed by atoms with Gasteiger partial charge in [0.15, 0.2) is 0 Å². The minimum atomic E-state index is -3.66. The Morgan fingerprint density at radius 2 is 1.87 bits per heavy atom. The van der Waals surface area contributed by atoms with E-state index in [1.165, 1.54) is 16.4 Å². The Bertz CT molecular complexity index is 634. The molecule has 1 fully saturated rings. The van der Waals surface area contributed by atoms with Crippen LogP contribution in [0.1, 0.15) is 19.8 Å². The molecule has 1 saturated heterocycles. The quantitative estimate of drug-likeness (QED) is 0.904. The molecule has 0 atom stereocenters. The molecule has 1 aromatic rings. The Morgan fingerprint density at radius 3 is 2.52 bits per heavy atom. The summed E-state index contributed by atoms with van der Waals surface area (Å²) in [5.41, 5.74) is 0. The number of urea groups is 1. The summed E-state index contributed by atoms with van der Waals surface area (Å²) in [5.74, 6) is -0.474. The Morgan fingerprint density at radius 1 is 1.17 bits per heavy atom. The molecule has 1 N–H and O–H groups in total. The molecule has 6 nitrogen and oxygen atoms in total. The molecule has 2 rings (SSSR count). The summed E-state index contributed by atoms with van der Waals surface area (Å²) in [5, 5.41) is 2.80. The number of halogens is 1.